The Kier molecular flexibility index (Phi) is 18.3. The maximum absolute atomic E-state index is 14.3. The topological polar surface area (TPSA) is 185 Å². The Hall–Kier alpha value is -2.78. The number of amides is 1. The number of carbonyl (C=O) groups excluding carboxylic acids is 3. The normalized spacial score (nSPS) is 39.2. The predicted octanol–water partition coefficient (Wildman–Crippen LogP) is 5.48. The van der Waals surface area contributed by atoms with Crippen LogP contribution in [0.15, 0.2) is 36.0 Å². The summed E-state index contributed by atoms with van der Waals surface area (Å²) in [6.45, 7) is 13.8. The molecule has 0 unspecified atom stereocenters. The molecule has 3 heterocycles. The van der Waals surface area contributed by atoms with E-state index in [1.807, 2.05) is 20.8 Å². The maximum atomic E-state index is 14.3. The van der Waals surface area contributed by atoms with Gasteiger partial charge in [0.2, 0.25) is 5.79 Å². The Labute approximate surface area is 346 Å². The smallest absolute Gasteiger partial charge is 0.329 e. The number of ether oxygens (including phenoxy) is 5. The maximum Gasteiger partial charge on any atom is 0.329 e. The minimum atomic E-state index is -2.49. The van der Waals surface area contributed by atoms with E-state index in [-0.39, 0.29) is 56.3 Å². The molecule has 11 atom stereocenters. The molecule has 13 nitrogen and oxygen atoms in total. The average Bonchev–Trinajstić information content (AvgIpc) is 3.20. The molecule has 58 heavy (non-hydrogen) atoms. The number of rotatable bonds is 9. The van der Waals surface area contributed by atoms with Crippen LogP contribution < -0.4 is 0 Å². The molecular formula is C45H72N2O11. The molecule has 0 aromatic rings. The molecule has 0 aromatic carbocycles. The van der Waals surface area contributed by atoms with Gasteiger partial charge in [-0.25, -0.2) is 4.79 Å². The lowest BCUT2D eigenvalue weighted by atomic mass is 9.82. The van der Waals surface area contributed by atoms with E-state index in [2.05, 4.69) is 25.7 Å². The molecule has 13 heteroatoms. The molecule has 1 saturated carbocycles. The van der Waals surface area contributed by atoms with E-state index in [4.69, 9.17) is 23.7 Å². The van der Waals surface area contributed by atoms with Crippen LogP contribution in [0.4, 0.5) is 0 Å². The first-order valence-corrected chi connectivity index (χ1v) is 21.5. The third-order valence-corrected chi connectivity index (χ3v) is 13.0. The van der Waals surface area contributed by atoms with Crippen molar-refractivity contribution in [3.63, 3.8) is 0 Å². The van der Waals surface area contributed by atoms with Gasteiger partial charge in [0, 0.05) is 50.7 Å². The molecule has 4 aliphatic rings. The fourth-order valence-electron chi connectivity index (χ4n) is 9.56. The van der Waals surface area contributed by atoms with Crippen LogP contribution in [-0.2, 0) is 38.1 Å². The van der Waals surface area contributed by atoms with Crippen LogP contribution in [-0.4, -0.2) is 126 Å². The molecule has 4 rings (SSSR count). The Bertz CT molecular complexity index is 1470. The van der Waals surface area contributed by atoms with Crippen LogP contribution in [0.25, 0.3) is 0 Å². The van der Waals surface area contributed by atoms with Crippen LogP contribution in [0.3, 0.4) is 0 Å². The summed E-state index contributed by atoms with van der Waals surface area (Å²) in [5, 5.41) is 42.2. The number of piperidine rings is 1. The van der Waals surface area contributed by atoms with Crippen molar-refractivity contribution in [1.29, 1.82) is 5.41 Å². The van der Waals surface area contributed by atoms with Crippen molar-refractivity contribution < 1.29 is 53.4 Å². The highest BCUT2D eigenvalue weighted by molar-refractivity contribution is 6.39. The summed E-state index contributed by atoms with van der Waals surface area (Å²) in [6.07, 6.45) is 8.80. The summed E-state index contributed by atoms with van der Waals surface area (Å²) in [4.78, 5) is 44.1. The lowest BCUT2D eigenvalue weighted by molar-refractivity contribution is -0.302. The van der Waals surface area contributed by atoms with Gasteiger partial charge in [-0.05, 0) is 102 Å². The number of aliphatic hydroxyl groups excluding tert-OH is 2. The zero-order valence-corrected chi connectivity index (χ0v) is 36.0. The van der Waals surface area contributed by atoms with Gasteiger partial charge in [0.15, 0.2) is 0 Å². The number of cyclic esters (lactones) is 1. The average molecular weight is 817 g/mol. The SMILES string of the molecule is C=CC[C@@H]1/C=C(\C)C[C@H](C)C[C@H](OC)[C@H]2O[C@@](O)(C(=O)C(=O)N3CCCC[C@H]3C(=O)O[C@H](/C(C)=C/[C@H]3CC[C@H](OCCO)CC3)[C@H](C)[C@@H](O)CC1=N)[C@H](C)C[C@@H]2OC. The van der Waals surface area contributed by atoms with Gasteiger partial charge in [0.25, 0.3) is 11.7 Å². The highest BCUT2D eigenvalue weighted by Crippen LogP contribution is 2.39. The number of nitrogens with zero attached hydrogens (tertiary/aromatic N) is 1. The number of fused-ring (bicyclic) bond motifs is 3. The van der Waals surface area contributed by atoms with E-state index in [1.165, 1.54) is 4.90 Å². The van der Waals surface area contributed by atoms with Gasteiger partial charge >= 0.3 is 5.97 Å². The first-order chi connectivity index (χ1) is 27.6. The second kappa shape index (κ2) is 22.2. The first kappa shape index (κ1) is 47.9. The molecule has 1 aliphatic carbocycles. The van der Waals surface area contributed by atoms with Gasteiger partial charge in [-0.1, -0.05) is 44.6 Å². The fraction of sp³-hybridized carbons (Fsp3) is 0.778. The third kappa shape index (κ3) is 11.9. The number of ketones is 1. The van der Waals surface area contributed by atoms with E-state index in [0.717, 1.165) is 36.8 Å². The van der Waals surface area contributed by atoms with E-state index >= 15 is 0 Å². The summed E-state index contributed by atoms with van der Waals surface area (Å²) < 4.78 is 30.1. The van der Waals surface area contributed by atoms with Crippen molar-refractivity contribution in [3.05, 3.63) is 36.0 Å². The molecule has 3 aliphatic heterocycles. The number of methoxy groups -OCH3 is 2. The monoisotopic (exact) mass is 817 g/mol. The minimum Gasteiger partial charge on any atom is -0.456 e. The molecule has 0 aromatic heterocycles. The summed E-state index contributed by atoms with van der Waals surface area (Å²) in [6, 6.07) is -1.10. The lowest BCUT2D eigenvalue weighted by Crippen LogP contribution is -2.64. The zero-order valence-electron chi connectivity index (χ0n) is 36.0. The number of aliphatic hydroxyl groups is 3. The van der Waals surface area contributed by atoms with Crippen molar-refractivity contribution in [2.75, 3.05) is 34.0 Å². The van der Waals surface area contributed by atoms with Crippen LogP contribution in [0.1, 0.15) is 112 Å². The summed E-state index contributed by atoms with van der Waals surface area (Å²) in [5.74, 6) is -6.85. The number of carbonyl (C=O) groups is 3. The van der Waals surface area contributed by atoms with Gasteiger partial charge in [-0.3, -0.25) is 9.59 Å². The van der Waals surface area contributed by atoms with Gasteiger partial charge in [0.1, 0.15) is 18.2 Å². The molecule has 0 spiro atoms. The highest BCUT2D eigenvalue weighted by atomic mass is 16.7. The number of esters is 1. The van der Waals surface area contributed by atoms with Gasteiger partial charge in [-0.15, -0.1) is 6.58 Å². The third-order valence-electron chi connectivity index (χ3n) is 13.0. The van der Waals surface area contributed by atoms with E-state index in [0.29, 0.717) is 44.4 Å². The first-order valence-electron chi connectivity index (χ1n) is 21.5. The van der Waals surface area contributed by atoms with Gasteiger partial charge in [-0.2, -0.15) is 0 Å². The molecule has 0 radical (unpaired) electrons. The number of nitrogens with one attached hydrogen (secondary N) is 1. The molecule has 3 fully saturated rings. The van der Waals surface area contributed by atoms with Gasteiger partial charge in [0.05, 0.1) is 37.6 Å². The van der Waals surface area contributed by atoms with Crippen molar-refractivity contribution in [1.82, 2.24) is 4.90 Å². The Morgan fingerprint density at radius 1 is 1.03 bits per heavy atom. The van der Waals surface area contributed by atoms with E-state index < -0.39 is 71.8 Å². The second-order valence-corrected chi connectivity index (χ2v) is 17.5. The van der Waals surface area contributed by atoms with Crippen molar-refractivity contribution in [3.8, 4) is 0 Å². The Morgan fingerprint density at radius 2 is 1.71 bits per heavy atom. The van der Waals surface area contributed by atoms with Crippen LogP contribution in [0.2, 0.25) is 0 Å². The minimum absolute atomic E-state index is 0.0247. The van der Waals surface area contributed by atoms with Crippen molar-refractivity contribution in [2.24, 2.45) is 29.6 Å². The van der Waals surface area contributed by atoms with E-state index in [1.54, 1.807) is 27.2 Å². The second-order valence-electron chi connectivity index (χ2n) is 17.5. The summed E-state index contributed by atoms with van der Waals surface area (Å²) >= 11 is 0. The Balaban J connectivity index is 1.74. The Morgan fingerprint density at radius 3 is 2.34 bits per heavy atom. The number of hydrogen-bond donors (Lipinski definition) is 4. The number of allylic oxidation sites excluding steroid dienone is 4. The van der Waals surface area contributed by atoms with Crippen LogP contribution in [0.5, 0.6) is 0 Å². The zero-order chi connectivity index (χ0) is 42.7. The quantitative estimate of drug-likeness (QED) is 0.131. The van der Waals surface area contributed by atoms with Crippen molar-refractivity contribution in [2.45, 2.75) is 160 Å². The molecule has 2 bridgehead atoms. The standard InChI is InChI=1S/C45H72N2O11/c1-9-12-33-22-27(2)21-28(3)23-38(54-7)41-39(55-8)25-30(5)45(53,58-41)42(50)43(51)47-18-11-10-13-36(47)44(52)57-40(31(6)37(49)26-35(33)46)29(4)24-32-14-16-34(17-15-32)56-20-19-48/h9,22,24,28,30-34,36-41,46,48-49,53H,1,10-21,23,25-26H2,2-8H3/b27-22+,29-24+,46-35?/t28-,30+,31+,32-,33+,34-,36-,37-,38-,39-,40+,41+,45+/m0/s1. The molecule has 1 amide bonds. The van der Waals surface area contributed by atoms with E-state index in [9.17, 15) is 35.1 Å². The highest BCUT2D eigenvalue weighted by Gasteiger charge is 2.56. The molecule has 2 saturated heterocycles. The number of hydrogen-bond acceptors (Lipinski definition) is 12. The molecule has 4 N–H and O–H groups in total. The largest absolute Gasteiger partial charge is 0.456 e. The van der Waals surface area contributed by atoms with Crippen LogP contribution >= 0.6 is 0 Å². The van der Waals surface area contributed by atoms with Crippen molar-refractivity contribution >= 4 is 23.4 Å². The summed E-state index contributed by atoms with van der Waals surface area (Å²) in [5.41, 5.74) is 2.14. The van der Waals surface area contributed by atoms with Gasteiger partial charge < -0.3 is 49.3 Å². The van der Waals surface area contributed by atoms with Crippen LogP contribution in [0, 0.1) is 35.0 Å². The predicted molar refractivity (Wildman–Crippen MR) is 220 cm³/mol. The number of Topliss-reactive ketones (excluding diaryl/α,β-unsaturated/α-hetero) is 1. The summed E-state index contributed by atoms with van der Waals surface area (Å²) in [7, 11) is 3.09. The lowest BCUT2D eigenvalue weighted by Gasteiger charge is -2.47. The molecule has 328 valence electrons. The molecular weight excluding hydrogens is 744 g/mol. The fourth-order valence-corrected chi connectivity index (χ4v) is 9.56.